The topological polar surface area (TPSA) is 43.1 Å². The Morgan fingerprint density at radius 3 is 2.12 bits per heavy atom. The predicted molar refractivity (Wildman–Crippen MR) is 76.1 cm³/mol. The smallest absolute Gasteiger partial charge is 0.193 e. The Kier molecular flexibility index (Phi) is 3.64. The van der Waals surface area contributed by atoms with Crippen LogP contribution in [-0.2, 0) is 0 Å². The summed E-state index contributed by atoms with van der Waals surface area (Å²) in [6.07, 6.45) is 0. The molecule has 0 spiro atoms. The van der Waals surface area contributed by atoms with E-state index in [-0.39, 0.29) is 5.78 Å². The summed E-state index contributed by atoms with van der Waals surface area (Å²) in [5.74, 6) is -0.0156. The van der Waals surface area contributed by atoms with Crippen molar-refractivity contribution in [3.05, 3.63) is 62.5 Å². The van der Waals surface area contributed by atoms with Crippen LogP contribution < -0.4 is 5.73 Å². The van der Waals surface area contributed by atoms with Crippen molar-refractivity contribution in [1.82, 2.24) is 0 Å². The van der Waals surface area contributed by atoms with Crippen molar-refractivity contribution in [2.24, 2.45) is 0 Å². The molecule has 2 N–H and O–H groups in total. The Hall–Kier alpha value is -1.13. The quantitative estimate of drug-likeness (QED) is 0.653. The van der Waals surface area contributed by atoms with Crippen LogP contribution in [0.15, 0.2) is 51.4 Å². The van der Waals surface area contributed by atoms with E-state index in [0.29, 0.717) is 16.8 Å². The lowest BCUT2D eigenvalue weighted by Gasteiger charge is -2.04. The number of carbonyl (C=O) groups is 1. The third kappa shape index (κ3) is 2.76. The minimum Gasteiger partial charge on any atom is -0.398 e. The number of benzene rings is 2. The summed E-state index contributed by atoms with van der Waals surface area (Å²) >= 11 is 6.65. The van der Waals surface area contributed by atoms with E-state index in [1.54, 1.807) is 30.3 Å². The maximum atomic E-state index is 12.1. The molecule has 0 radical (unpaired) electrons. The van der Waals surface area contributed by atoms with Crippen molar-refractivity contribution in [2.45, 2.75) is 0 Å². The molecule has 0 aliphatic carbocycles. The molecule has 0 aliphatic heterocycles. The van der Waals surface area contributed by atoms with Crippen molar-refractivity contribution in [1.29, 1.82) is 0 Å². The summed E-state index contributed by atoms with van der Waals surface area (Å²) in [4.78, 5) is 12.1. The van der Waals surface area contributed by atoms with E-state index in [9.17, 15) is 4.79 Å². The number of anilines is 1. The van der Waals surface area contributed by atoms with E-state index >= 15 is 0 Å². The third-order valence-corrected chi connectivity index (χ3v) is 3.58. The number of ketones is 1. The molecule has 0 fully saturated rings. The minimum absolute atomic E-state index is 0.0156. The van der Waals surface area contributed by atoms with Crippen molar-refractivity contribution in [3.8, 4) is 0 Å². The van der Waals surface area contributed by atoms with E-state index in [1.807, 2.05) is 12.1 Å². The molecular weight excluding hydrogens is 346 g/mol. The molecule has 4 heteroatoms. The van der Waals surface area contributed by atoms with Gasteiger partial charge >= 0.3 is 0 Å². The fourth-order valence-corrected chi connectivity index (χ4v) is 2.08. The van der Waals surface area contributed by atoms with Crippen molar-refractivity contribution in [2.75, 3.05) is 5.73 Å². The number of hydrogen-bond donors (Lipinski definition) is 1. The normalized spacial score (nSPS) is 10.2. The van der Waals surface area contributed by atoms with E-state index in [4.69, 9.17) is 5.73 Å². The van der Waals surface area contributed by atoms with Crippen LogP contribution in [0.25, 0.3) is 0 Å². The van der Waals surface area contributed by atoms with Gasteiger partial charge in [0.1, 0.15) is 0 Å². The second-order valence-corrected chi connectivity index (χ2v) is 5.34. The predicted octanol–water partition coefficient (Wildman–Crippen LogP) is 4.02. The van der Waals surface area contributed by atoms with Crippen LogP contribution in [0.2, 0.25) is 0 Å². The zero-order valence-corrected chi connectivity index (χ0v) is 12.0. The van der Waals surface area contributed by atoms with Crippen LogP contribution in [0.1, 0.15) is 15.9 Å². The van der Waals surface area contributed by atoms with Gasteiger partial charge in [0.05, 0.1) is 0 Å². The molecule has 0 amide bonds. The highest BCUT2D eigenvalue weighted by atomic mass is 79.9. The van der Waals surface area contributed by atoms with Gasteiger partial charge in [-0.05, 0) is 58.4 Å². The maximum Gasteiger partial charge on any atom is 0.193 e. The van der Waals surface area contributed by atoms with Crippen LogP contribution in [0, 0.1) is 0 Å². The number of rotatable bonds is 2. The molecule has 2 nitrogen and oxygen atoms in total. The molecule has 0 aromatic heterocycles. The summed E-state index contributed by atoms with van der Waals surface area (Å²) in [6.45, 7) is 0. The first-order chi connectivity index (χ1) is 8.08. The SMILES string of the molecule is Nc1ccc(C(=O)c2ccc(Br)cc2)cc1Br. The average molecular weight is 355 g/mol. The monoisotopic (exact) mass is 353 g/mol. The second kappa shape index (κ2) is 5.02. The lowest BCUT2D eigenvalue weighted by molar-refractivity contribution is 0.103. The lowest BCUT2D eigenvalue weighted by Crippen LogP contribution is -2.01. The van der Waals surface area contributed by atoms with Crippen LogP contribution in [0.5, 0.6) is 0 Å². The first kappa shape index (κ1) is 12.3. The van der Waals surface area contributed by atoms with Crippen LogP contribution in [0.4, 0.5) is 5.69 Å². The van der Waals surface area contributed by atoms with Crippen molar-refractivity contribution in [3.63, 3.8) is 0 Å². The van der Waals surface area contributed by atoms with Gasteiger partial charge in [-0.25, -0.2) is 0 Å². The maximum absolute atomic E-state index is 12.1. The van der Waals surface area contributed by atoms with Gasteiger partial charge < -0.3 is 5.73 Å². The molecule has 0 saturated carbocycles. The molecule has 0 unspecified atom stereocenters. The highest BCUT2D eigenvalue weighted by Gasteiger charge is 2.09. The Bertz CT molecular complexity index is 564. The van der Waals surface area contributed by atoms with Gasteiger partial charge in [-0.3, -0.25) is 4.79 Å². The number of nitrogen functional groups attached to an aromatic ring is 1. The zero-order valence-electron chi connectivity index (χ0n) is 8.78. The van der Waals surface area contributed by atoms with Gasteiger partial charge in [0.15, 0.2) is 5.78 Å². The van der Waals surface area contributed by atoms with Gasteiger partial charge in [0, 0.05) is 25.8 Å². The molecule has 0 saturated heterocycles. The van der Waals surface area contributed by atoms with Gasteiger partial charge in [-0.15, -0.1) is 0 Å². The minimum atomic E-state index is -0.0156. The Labute approximate surface area is 116 Å². The molecule has 86 valence electrons. The zero-order chi connectivity index (χ0) is 12.4. The Balaban J connectivity index is 2.37. The van der Waals surface area contributed by atoms with Gasteiger partial charge in [-0.2, -0.15) is 0 Å². The highest BCUT2D eigenvalue weighted by Crippen LogP contribution is 2.22. The Morgan fingerprint density at radius 2 is 1.53 bits per heavy atom. The fraction of sp³-hybridized carbons (Fsp3) is 0. The average Bonchev–Trinajstić information content (AvgIpc) is 2.33. The molecule has 0 bridgehead atoms. The van der Waals surface area contributed by atoms with Gasteiger partial charge in [0.25, 0.3) is 0 Å². The van der Waals surface area contributed by atoms with Crippen molar-refractivity contribution < 1.29 is 4.79 Å². The standard InChI is InChI=1S/C13H9Br2NO/c14-10-4-1-8(2-5-10)13(17)9-3-6-12(16)11(15)7-9/h1-7H,16H2. The lowest BCUT2D eigenvalue weighted by atomic mass is 10.0. The van der Waals surface area contributed by atoms with E-state index in [2.05, 4.69) is 31.9 Å². The first-order valence-corrected chi connectivity index (χ1v) is 6.52. The molecule has 2 rings (SSSR count). The van der Waals surface area contributed by atoms with Crippen LogP contribution in [-0.4, -0.2) is 5.78 Å². The first-order valence-electron chi connectivity index (χ1n) is 4.93. The molecule has 17 heavy (non-hydrogen) atoms. The molecule has 0 atom stereocenters. The van der Waals surface area contributed by atoms with Crippen molar-refractivity contribution >= 4 is 43.3 Å². The third-order valence-electron chi connectivity index (χ3n) is 2.37. The number of nitrogens with two attached hydrogens (primary N) is 1. The van der Waals surface area contributed by atoms with E-state index in [1.165, 1.54) is 0 Å². The van der Waals surface area contributed by atoms with E-state index < -0.39 is 0 Å². The van der Waals surface area contributed by atoms with Gasteiger partial charge in [-0.1, -0.05) is 15.9 Å². The Morgan fingerprint density at radius 1 is 0.941 bits per heavy atom. The largest absolute Gasteiger partial charge is 0.398 e. The molecule has 0 heterocycles. The second-order valence-electron chi connectivity index (χ2n) is 3.57. The number of carbonyl (C=O) groups excluding carboxylic acids is 1. The molecule has 2 aromatic carbocycles. The summed E-state index contributed by atoms with van der Waals surface area (Å²) in [5.41, 5.74) is 7.58. The summed E-state index contributed by atoms with van der Waals surface area (Å²) in [7, 11) is 0. The number of halogens is 2. The van der Waals surface area contributed by atoms with Crippen LogP contribution >= 0.6 is 31.9 Å². The van der Waals surface area contributed by atoms with Crippen LogP contribution in [0.3, 0.4) is 0 Å². The molecule has 2 aromatic rings. The highest BCUT2D eigenvalue weighted by molar-refractivity contribution is 9.10. The summed E-state index contributed by atoms with van der Waals surface area (Å²) in [5, 5.41) is 0. The summed E-state index contributed by atoms with van der Waals surface area (Å²) < 4.78 is 1.69. The number of hydrogen-bond acceptors (Lipinski definition) is 2. The van der Waals surface area contributed by atoms with Gasteiger partial charge in [0.2, 0.25) is 0 Å². The summed E-state index contributed by atoms with van der Waals surface area (Å²) in [6, 6.07) is 12.5. The molecular formula is C13H9Br2NO. The van der Waals surface area contributed by atoms with E-state index in [0.717, 1.165) is 8.95 Å². The fourth-order valence-electron chi connectivity index (χ4n) is 1.44. The molecule has 0 aliphatic rings.